The van der Waals surface area contributed by atoms with E-state index in [-0.39, 0.29) is 17.4 Å². The summed E-state index contributed by atoms with van der Waals surface area (Å²) in [5.74, 6) is 0.326. The lowest BCUT2D eigenvalue weighted by Gasteiger charge is -2.25. The van der Waals surface area contributed by atoms with Crippen LogP contribution in [0, 0.1) is 19.7 Å². The molecular weight excluding hydrogens is 397 g/mol. The minimum atomic E-state index is -0.540. The molecule has 8 nitrogen and oxygen atoms in total. The third-order valence-corrected chi connectivity index (χ3v) is 5.40. The molecule has 1 aliphatic heterocycles. The maximum atomic E-state index is 14.6. The Bertz CT molecular complexity index is 1280. The first-order valence-electron chi connectivity index (χ1n) is 8.96. The van der Waals surface area contributed by atoms with Gasteiger partial charge in [-0.15, -0.1) is 15.3 Å². The molecule has 0 spiro atoms. The van der Waals surface area contributed by atoms with E-state index in [1.807, 2.05) is 6.92 Å². The Hall–Kier alpha value is -3.33. The summed E-state index contributed by atoms with van der Waals surface area (Å²) in [6.45, 7) is 3.61. The van der Waals surface area contributed by atoms with Gasteiger partial charge in [0, 0.05) is 28.5 Å². The van der Waals surface area contributed by atoms with Crippen LogP contribution in [0.2, 0.25) is 5.02 Å². The molecule has 1 aliphatic rings. The summed E-state index contributed by atoms with van der Waals surface area (Å²) in [4.78, 5) is 12.5. The monoisotopic (exact) mass is 411 g/mol. The molecule has 4 heterocycles. The third kappa shape index (κ3) is 2.69. The van der Waals surface area contributed by atoms with Crippen molar-refractivity contribution >= 4 is 29.0 Å². The number of hydrogen-bond acceptors (Lipinski definition) is 5. The van der Waals surface area contributed by atoms with E-state index in [1.165, 1.54) is 6.07 Å². The van der Waals surface area contributed by atoms with Gasteiger partial charge in [-0.2, -0.15) is 14.3 Å². The quantitative estimate of drug-likeness (QED) is 0.547. The molecule has 1 N–H and O–H groups in total. The number of nitrogens with one attached hydrogen (secondary N) is 1. The largest absolute Gasteiger partial charge is 0.310 e. The van der Waals surface area contributed by atoms with Crippen LogP contribution in [0.3, 0.4) is 0 Å². The number of halogens is 2. The fraction of sp³-hybridized carbons (Fsp3) is 0.211. The van der Waals surface area contributed by atoms with E-state index in [0.717, 1.165) is 5.56 Å². The molecule has 1 atom stereocenters. The average Bonchev–Trinajstić information content (AvgIpc) is 3.21. The molecular formula is C19H15ClFN7O. The molecule has 0 radical (unpaired) electrons. The average molecular weight is 412 g/mol. The van der Waals surface area contributed by atoms with Crippen LogP contribution in [0.15, 0.2) is 30.3 Å². The number of nitrogens with zero attached hydrogens (tertiary/aromatic N) is 6. The van der Waals surface area contributed by atoms with Crippen LogP contribution >= 0.6 is 11.6 Å². The Kier molecular flexibility index (Phi) is 3.88. The van der Waals surface area contributed by atoms with Crippen molar-refractivity contribution in [2.75, 3.05) is 5.32 Å². The van der Waals surface area contributed by atoms with E-state index in [4.69, 9.17) is 11.6 Å². The van der Waals surface area contributed by atoms with Crippen LogP contribution in [-0.4, -0.2) is 35.5 Å². The molecule has 0 saturated heterocycles. The smallest absolute Gasteiger partial charge is 0.226 e. The molecule has 0 bridgehead atoms. The minimum absolute atomic E-state index is 0.0806. The molecule has 0 fully saturated rings. The fourth-order valence-electron chi connectivity index (χ4n) is 3.80. The van der Waals surface area contributed by atoms with E-state index in [0.29, 0.717) is 34.4 Å². The van der Waals surface area contributed by atoms with Crippen LogP contribution in [0.25, 0.3) is 11.5 Å². The van der Waals surface area contributed by atoms with E-state index < -0.39 is 11.7 Å². The van der Waals surface area contributed by atoms with Gasteiger partial charge in [0.25, 0.3) is 0 Å². The van der Waals surface area contributed by atoms with Crippen molar-refractivity contribution in [3.8, 4) is 5.82 Å². The molecule has 3 aromatic heterocycles. The van der Waals surface area contributed by atoms with E-state index in [1.54, 1.807) is 40.4 Å². The highest BCUT2D eigenvalue weighted by molar-refractivity contribution is 6.31. The van der Waals surface area contributed by atoms with E-state index in [9.17, 15) is 9.18 Å². The number of rotatable bonds is 2. The Morgan fingerprint density at radius 2 is 1.97 bits per heavy atom. The number of amides is 1. The Morgan fingerprint density at radius 3 is 2.76 bits per heavy atom. The van der Waals surface area contributed by atoms with Gasteiger partial charge in [-0.1, -0.05) is 17.7 Å². The number of benzene rings is 1. The van der Waals surface area contributed by atoms with Crippen molar-refractivity contribution in [2.24, 2.45) is 0 Å². The molecule has 10 heteroatoms. The van der Waals surface area contributed by atoms with Crippen LogP contribution in [-0.2, 0) is 4.79 Å². The molecule has 29 heavy (non-hydrogen) atoms. The minimum Gasteiger partial charge on any atom is -0.310 e. The number of carbonyl (C=O) groups excluding carboxylic acids is 1. The third-order valence-electron chi connectivity index (χ3n) is 5.07. The molecule has 0 saturated carbocycles. The summed E-state index contributed by atoms with van der Waals surface area (Å²) in [5.41, 5.74) is 2.28. The number of hydrogen-bond donors (Lipinski definition) is 1. The molecule has 1 aromatic carbocycles. The van der Waals surface area contributed by atoms with Gasteiger partial charge in [0.2, 0.25) is 5.91 Å². The lowest BCUT2D eigenvalue weighted by atomic mass is 9.85. The number of fused-ring (bicyclic) bond motifs is 2. The predicted octanol–water partition coefficient (Wildman–Crippen LogP) is 3.19. The molecule has 146 valence electrons. The van der Waals surface area contributed by atoms with Crippen LogP contribution < -0.4 is 5.32 Å². The van der Waals surface area contributed by atoms with Gasteiger partial charge < -0.3 is 5.32 Å². The summed E-state index contributed by atoms with van der Waals surface area (Å²) in [7, 11) is 0. The topological polar surface area (TPSA) is 90.0 Å². The Morgan fingerprint density at radius 1 is 1.14 bits per heavy atom. The van der Waals surface area contributed by atoms with Crippen LogP contribution in [0.1, 0.15) is 35.0 Å². The van der Waals surface area contributed by atoms with Gasteiger partial charge in [0.05, 0.1) is 5.69 Å². The predicted molar refractivity (Wildman–Crippen MR) is 104 cm³/mol. The summed E-state index contributed by atoms with van der Waals surface area (Å²) >= 11 is 6.30. The zero-order valence-electron chi connectivity index (χ0n) is 15.5. The second-order valence-corrected chi connectivity index (χ2v) is 7.32. The van der Waals surface area contributed by atoms with Crippen molar-refractivity contribution in [3.63, 3.8) is 0 Å². The van der Waals surface area contributed by atoms with Crippen molar-refractivity contribution in [1.82, 2.24) is 29.6 Å². The molecule has 5 rings (SSSR count). The first kappa shape index (κ1) is 17.7. The maximum absolute atomic E-state index is 14.6. The normalized spacial score (nSPS) is 16.1. The van der Waals surface area contributed by atoms with Gasteiger partial charge in [-0.05, 0) is 38.1 Å². The molecule has 0 aliphatic carbocycles. The molecule has 4 aromatic rings. The standard InChI is InChI=1S/C19H15ClFN7O/c1-9-17-11(18-12(20)4-3-5-13(18)21)8-16(29)22-19(17)28(25-9)15-7-6-14-24-23-10(2)27(14)26-15/h3-7,11H,8H2,1-2H3,(H,22,29)/t11-/m1/s1. The lowest BCUT2D eigenvalue weighted by Crippen LogP contribution is -2.25. The number of aryl methyl sites for hydroxylation is 2. The summed E-state index contributed by atoms with van der Waals surface area (Å²) in [6.07, 6.45) is 0.0806. The lowest BCUT2D eigenvalue weighted by molar-refractivity contribution is -0.116. The summed E-state index contributed by atoms with van der Waals surface area (Å²) < 4.78 is 17.8. The highest BCUT2D eigenvalue weighted by atomic mass is 35.5. The Balaban J connectivity index is 1.72. The number of aromatic nitrogens is 6. The summed E-state index contributed by atoms with van der Waals surface area (Å²) in [5, 5.41) is 20.3. The van der Waals surface area contributed by atoms with Crippen molar-refractivity contribution in [2.45, 2.75) is 26.2 Å². The van der Waals surface area contributed by atoms with Gasteiger partial charge in [-0.25, -0.2) is 4.39 Å². The van der Waals surface area contributed by atoms with E-state index in [2.05, 4.69) is 25.7 Å². The number of carbonyl (C=O) groups is 1. The van der Waals surface area contributed by atoms with Gasteiger partial charge in [0.15, 0.2) is 17.3 Å². The van der Waals surface area contributed by atoms with Gasteiger partial charge in [-0.3, -0.25) is 4.79 Å². The molecule has 1 amide bonds. The zero-order chi connectivity index (χ0) is 20.3. The first-order valence-corrected chi connectivity index (χ1v) is 9.34. The zero-order valence-corrected chi connectivity index (χ0v) is 16.3. The van der Waals surface area contributed by atoms with Crippen molar-refractivity contribution in [1.29, 1.82) is 0 Å². The van der Waals surface area contributed by atoms with Crippen molar-refractivity contribution < 1.29 is 9.18 Å². The first-order chi connectivity index (χ1) is 13.9. The second kappa shape index (κ2) is 6.35. The van der Waals surface area contributed by atoms with Gasteiger partial charge >= 0.3 is 0 Å². The molecule has 0 unspecified atom stereocenters. The SMILES string of the molecule is Cc1nn(-c2ccc3nnc(C)n3n2)c2c1[C@H](c1c(F)cccc1Cl)CC(=O)N2. The van der Waals surface area contributed by atoms with Crippen molar-refractivity contribution in [3.05, 3.63) is 63.8 Å². The maximum Gasteiger partial charge on any atom is 0.226 e. The van der Waals surface area contributed by atoms with E-state index >= 15 is 0 Å². The highest BCUT2D eigenvalue weighted by Gasteiger charge is 2.35. The highest BCUT2D eigenvalue weighted by Crippen LogP contribution is 2.43. The summed E-state index contributed by atoms with van der Waals surface area (Å²) in [6, 6.07) is 8.01. The van der Waals surface area contributed by atoms with Gasteiger partial charge in [0.1, 0.15) is 11.6 Å². The Labute approximate surface area is 169 Å². The van der Waals surface area contributed by atoms with Crippen LogP contribution in [0.4, 0.5) is 10.2 Å². The van der Waals surface area contributed by atoms with Crippen LogP contribution in [0.5, 0.6) is 0 Å². The second-order valence-electron chi connectivity index (χ2n) is 6.91. The fourth-order valence-corrected chi connectivity index (χ4v) is 4.10. The number of anilines is 1.